The Bertz CT molecular complexity index is 1460. The first-order valence-electron chi connectivity index (χ1n) is 12.4. The van der Waals surface area contributed by atoms with Crippen LogP contribution in [0.15, 0.2) is 60.8 Å². The number of rotatable bonds is 6. The molecule has 4 aromatic rings. The van der Waals surface area contributed by atoms with Gasteiger partial charge in [0.15, 0.2) is 0 Å². The Labute approximate surface area is 220 Å². The average Bonchev–Trinajstić information content (AvgIpc) is 3.42. The second kappa shape index (κ2) is 12.5. The molecule has 5 rings (SSSR count). The van der Waals surface area contributed by atoms with Crippen LogP contribution in [-0.4, -0.2) is 49.1 Å². The van der Waals surface area contributed by atoms with Gasteiger partial charge in [-0.1, -0.05) is 29.8 Å². The van der Waals surface area contributed by atoms with Crippen LogP contribution >= 0.6 is 0 Å². The lowest BCUT2D eigenvalue weighted by Gasteiger charge is -2.32. The average molecular weight is 509 g/mol. The number of likely N-dealkylation sites (tertiary alicyclic amines) is 1. The summed E-state index contributed by atoms with van der Waals surface area (Å²) in [6, 6.07) is 19.7. The summed E-state index contributed by atoms with van der Waals surface area (Å²) >= 11 is 0. The van der Waals surface area contributed by atoms with Crippen molar-refractivity contribution in [3.63, 3.8) is 0 Å². The fourth-order valence-corrected chi connectivity index (χ4v) is 4.58. The second-order valence-corrected chi connectivity index (χ2v) is 9.07. The number of aromatic nitrogens is 5. The van der Waals surface area contributed by atoms with Crippen molar-refractivity contribution >= 4 is 12.0 Å². The van der Waals surface area contributed by atoms with Gasteiger partial charge < -0.3 is 5.73 Å². The van der Waals surface area contributed by atoms with Gasteiger partial charge in [0.05, 0.1) is 41.5 Å². The standard InChI is InChI=1S/C27H28N8.CO2/c1-19(34-11-3-2-4-12-34)24-10-6-9-23(30-24)17-35-18-26(32-33-35)22-14-25(31-27(29)15-22)21-8-5-7-20(13-21)16-28;2-1-3/h5-10,13-15,18-19H,2-4,11-12,17H2,1H3,(H2,29,31);/t19-;/m0./s1. The number of pyridine rings is 2. The van der Waals surface area contributed by atoms with Gasteiger partial charge in [-0.2, -0.15) is 14.9 Å². The molecule has 10 heteroatoms. The lowest BCUT2D eigenvalue weighted by Crippen LogP contribution is -2.32. The summed E-state index contributed by atoms with van der Waals surface area (Å²) in [4.78, 5) is 28.1. The van der Waals surface area contributed by atoms with Crippen molar-refractivity contribution in [1.82, 2.24) is 29.9 Å². The Kier molecular flexibility index (Phi) is 8.67. The number of nitriles is 1. The highest BCUT2D eigenvalue weighted by Gasteiger charge is 2.19. The van der Waals surface area contributed by atoms with E-state index < -0.39 is 0 Å². The third-order valence-corrected chi connectivity index (χ3v) is 6.49. The number of nitrogen functional groups attached to an aromatic ring is 1. The molecule has 10 nitrogen and oxygen atoms in total. The SMILES string of the molecule is C[C@@H](c1cccc(Cn2cc(-c3cc(N)nc(-c4cccc(C#N)c4)c3)nn2)n1)N1CCCCC1.O=C=O. The molecule has 0 bridgehead atoms. The number of piperidine rings is 1. The normalized spacial score (nSPS) is 14.0. The molecule has 38 heavy (non-hydrogen) atoms. The maximum absolute atomic E-state index is 9.21. The summed E-state index contributed by atoms with van der Waals surface area (Å²) < 4.78 is 1.79. The minimum Gasteiger partial charge on any atom is -0.384 e. The van der Waals surface area contributed by atoms with Gasteiger partial charge in [0, 0.05) is 17.2 Å². The highest BCUT2D eigenvalue weighted by atomic mass is 16.2. The van der Waals surface area contributed by atoms with Crippen LogP contribution in [0.2, 0.25) is 0 Å². The predicted molar refractivity (Wildman–Crippen MR) is 140 cm³/mol. The van der Waals surface area contributed by atoms with Gasteiger partial charge in [0.2, 0.25) is 0 Å². The Morgan fingerprint density at radius 1 is 0.974 bits per heavy atom. The highest BCUT2D eigenvalue weighted by molar-refractivity contribution is 5.71. The van der Waals surface area contributed by atoms with E-state index in [0.29, 0.717) is 35.4 Å². The first-order valence-corrected chi connectivity index (χ1v) is 12.4. The molecule has 0 saturated carbocycles. The van der Waals surface area contributed by atoms with E-state index in [1.54, 1.807) is 22.9 Å². The monoisotopic (exact) mass is 508 g/mol. The highest BCUT2D eigenvalue weighted by Crippen LogP contribution is 2.27. The quantitative estimate of drug-likeness (QED) is 0.410. The molecular weight excluding hydrogens is 480 g/mol. The van der Waals surface area contributed by atoms with Crippen LogP contribution in [0.3, 0.4) is 0 Å². The molecule has 1 atom stereocenters. The molecule has 1 aromatic carbocycles. The van der Waals surface area contributed by atoms with Crippen molar-refractivity contribution in [2.45, 2.75) is 38.8 Å². The molecule has 0 spiro atoms. The molecule has 0 amide bonds. The van der Waals surface area contributed by atoms with Crippen molar-refractivity contribution in [2.24, 2.45) is 0 Å². The molecule has 1 saturated heterocycles. The maximum atomic E-state index is 9.21. The summed E-state index contributed by atoms with van der Waals surface area (Å²) in [5.41, 5.74) is 11.8. The molecule has 4 heterocycles. The topological polar surface area (TPSA) is 144 Å². The minimum atomic E-state index is 0.250. The van der Waals surface area contributed by atoms with E-state index in [4.69, 9.17) is 20.3 Å². The summed E-state index contributed by atoms with van der Waals surface area (Å²) in [6.45, 7) is 5.04. The van der Waals surface area contributed by atoms with Crippen LogP contribution in [0.25, 0.3) is 22.5 Å². The van der Waals surface area contributed by atoms with E-state index in [-0.39, 0.29) is 6.15 Å². The van der Waals surface area contributed by atoms with Crippen LogP contribution in [0.1, 0.15) is 49.2 Å². The zero-order chi connectivity index (χ0) is 26.9. The Morgan fingerprint density at radius 2 is 1.74 bits per heavy atom. The first-order chi connectivity index (χ1) is 18.5. The van der Waals surface area contributed by atoms with Crippen LogP contribution in [-0.2, 0) is 16.1 Å². The summed E-state index contributed by atoms with van der Waals surface area (Å²) in [5.74, 6) is 0.385. The molecule has 1 aliphatic rings. The van der Waals surface area contributed by atoms with E-state index in [1.807, 2.05) is 30.5 Å². The lowest BCUT2D eigenvalue weighted by molar-refractivity contribution is -0.191. The fraction of sp³-hybridized carbons (Fsp3) is 0.286. The van der Waals surface area contributed by atoms with Crippen molar-refractivity contribution in [3.8, 4) is 28.6 Å². The summed E-state index contributed by atoms with van der Waals surface area (Å²) in [7, 11) is 0. The van der Waals surface area contributed by atoms with Gasteiger partial charge in [0.25, 0.3) is 0 Å². The third kappa shape index (κ3) is 6.53. The molecule has 0 aliphatic carbocycles. The maximum Gasteiger partial charge on any atom is 0.373 e. The zero-order valence-electron chi connectivity index (χ0n) is 21.1. The van der Waals surface area contributed by atoms with Crippen molar-refractivity contribution in [1.29, 1.82) is 5.26 Å². The predicted octanol–water partition coefficient (Wildman–Crippen LogP) is 3.87. The van der Waals surface area contributed by atoms with Crippen molar-refractivity contribution < 1.29 is 9.59 Å². The van der Waals surface area contributed by atoms with Crippen LogP contribution in [0.4, 0.5) is 5.82 Å². The van der Waals surface area contributed by atoms with Gasteiger partial charge in [-0.3, -0.25) is 9.88 Å². The fourth-order valence-electron chi connectivity index (χ4n) is 4.58. The van der Waals surface area contributed by atoms with Gasteiger partial charge in [0.1, 0.15) is 11.5 Å². The van der Waals surface area contributed by atoms with Crippen LogP contribution in [0, 0.1) is 11.3 Å². The Morgan fingerprint density at radius 3 is 2.50 bits per heavy atom. The van der Waals surface area contributed by atoms with Gasteiger partial charge in [-0.15, -0.1) is 5.10 Å². The number of nitrogens with two attached hydrogens (primary N) is 1. The number of hydrogen-bond acceptors (Lipinski definition) is 9. The lowest BCUT2D eigenvalue weighted by atomic mass is 10.1. The van der Waals surface area contributed by atoms with Crippen molar-refractivity contribution in [2.75, 3.05) is 18.8 Å². The minimum absolute atomic E-state index is 0.250. The molecule has 3 aromatic heterocycles. The van der Waals surface area contributed by atoms with Crippen molar-refractivity contribution in [3.05, 3.63) is 77.7 Å². The van der Waals surface area contributed by atoms with E-state index in [1.165, 1.54) is 19.3 Å². The van der Waals surface area contributed by atoms with Gasteiger partial charge >= 0.3 is 6.15 Å². The molecule has 0 radical (unpaired) electrons. The summed E-state index contributed by atoms with van der Waals surface area (Å²) in [6.07, 6.45) is 5.99. The van der Waals surface area contributed by atoms with Crippen LogP contribution in [0.5, 0.6) is 0 Å². The first kappa shape index (κ1) is 26.4. The molecule has 192 valence electrons. The molecule has 2 N–H and O–H groups in total. The molecule has 1 fully saturated rings. The molecular formula is C28H28N8O2. The van der Waals surface area contributed by atoms with Gasteiger partial charge in [-0.25, -0.2) is 9.67 Å². The van der Waals surface area contributed by atoms with Crippen LogP contribution < -0.4 is 5.73 Å². The smallest absolute Gasteiger partial charge is 0.373 e. The number of benzene rings is 1. The second-order valence-electron chi connectivity index (χ2n) is 9.07. The Balaban J connectivity index is 0.00000107. The molecule has 1 aliphatic heterocycles. The zero-order valence-corrected chi connectivity index (χ0v) is 21.1. The van der Waals surface area contributed by atoms with E-state index >= 15 is 0 Å². The Hall–Kier alpha value is -4.71. The number of nitrogens with zero attached hydrogens (tertiary/aromatic N) is 7. The number of carbonyl (C=O) groups excluding carboxylic acids is 2. The number of anilines is 1. The molecule has 0 unspecified atom stereocenters. The van der Waals surface area contributed by atoms with E-state index in [2.05, 4.69) is 45.3 Å². The largest absolute Gasteiger partial charge is 0.384 e. The van der Waals surface area contributed by atoms with E-state index in [9.17, 15) is 5.26 Å². The van der Waals surface area contributed by atoms with E-state index in [0.717, 1.165) is 35.6 Å². The summed E-state index contributed by atoms with van der Waals surface area (Å²) in [5, 5.41) is 17.9. The third-order valence-electron chi connectivity index (χ3n) is 6.49. The number of hydrogen-bond donors (Lipinski definition) is 1. The van der Waals surface area contributed by atoms with Gasteiger partial charge in [-0.05, 0) is 69.3 Å².